The number of methoxy groups -OCH3 is 1. The van der Waals surface area contributed by atoms with Gasteiger partial charge in [0.25, 0.3) is 0 Å². The Morgan fingerprint density at radius 1 is 1.30 bits per heavy atom. The molecule has 0 aliphatic carbocycles. The fourth-order valence-corrected chi connectivity index (χ4v) is 1.39. The molecule has 0 atom stereocenters. The summed E-state index contributed by atoms with van der Waals surface area (Å²) in [5, 5.41) is 31.5. The van der Waals surface area contributed by atoms with E-state index in [1.54, 1.807) is 6.07 Å². The molecule has 0 heterocycles. The maximum atomic E-state index is 10.6. The highest BCUT2D eigenvalue weighted by atomic mass is 16.5. The molecule has 0 fully saturated rings. The summed E-state index contributed by atoms with van der Waals surface area (Å²) in [7, 11) is 1.41. The molecule has 1 rings (SSSR count). The van der Waals surface area contributed by atoms with Crippen LogP contribution in [0, 0.1) is 0 Å². The van der Waals surface area contributed by atoms with Gasteiger partial charge in [-0.2, -0.15) is 5.10 Å². The van der Waals surface area contributed by atoms with Crippen LogP contribution in [0.25, 0.3) is 0 Å². The van der Waals surface area contributed by atoms with Crippen molar-refractivity contribution >= 4 is 18.2 Å². The highest BCUT2D eigenvalue weighted by molar-refractivity contribution is 5.81. The Bertz CT molecular complexity index is 513. The molecule has 3 N–H and O–H groups in total. The fourth-order valence-electron chi connectivity index (χ4n) is 1.39. The van der Waals surface area contributed by atoms with Gasteiger partial charge in [-0.1, -0.05) is 0 Å². The van der Waals surface area contributed by atoms with Crippen molar-refractivity contribution in [2.24, 2.45) is 5.10 Å². The molecule has 0 spiro atoms. The van der Waals surface area contributed by atoms with E-state index in [4.69, 9.17) is 14.9 Å². The number of phenolic OH excluding ortho intramolecular Hbond substituents is 1. The topological polar surface area (TPSA) is 120 Å². The summed E-state index contributed by atoms with van der Waals surface area (Å²) < 4.78 is 4.87. The molecule has 1 aromatic carbocycles. The SMILES string of the molecule is COc1ccc(/C=N\N(CC(=O)O)CC(=O)O)cc1O. The minimum absolute atomic E-state index is 0.0977. The zero-order chi connectivity index (χ0) is 15.1. The third-order valence-corrected chi connectivity index (χ3v) is 2.21. The first kappa shape index (κ1) is 15.3. The van der Waals surface area contributed by atoms with Crippen LogP contribution >= 0.6 is 0 Å². The number of carboxylic acid groups (broad SMARTS) is 2. The predicted molar refractivity (Wildman–Crippen MR) is 69.1 cm³/mol. The smallest absolute Gasteiger partial charge is 0.324 e. The van der Waals surface area contributed by atoms with Crippen LogP contribution in [0.5, 0.6) is 11.5 Å². The van der Waals surface area contributed by atoms with Crippen LogP contribution in [0.4, 0.5) is 0 Å². The second-order valence-electron chi connectivity index (χ2n) is 3.79. The minimum Gasteiger partial charge on any atom is -0.504 e. The molecule has 8 heteroatoms. The maximum Gasteiger partial charge on any atom is 0.324 e. The molecule has 0 aliphatic rings. The molecular weight excluding hydrogens is 268 g/mol. The van der Waals surface area contributed by atoms with Crippen molar-refractivity contribution in [3.63, 3.8) is 0 Å². The number of hydrogen-bond acceptors (Lipinski definition) is 6. The van der Waals surface area contributed by atoms with Crippen LogP contribution in [0.1, 0.15) is 5.56 Å². The number of phenols is 1. The van der Waals surface area contributed by atoms with E-state index in [0.717, 1.165) is 5.01 Å². The number of rotatable bonds is 7. The molecule has 108 valence electrons. The Hall–Kier alpha value is -2.77. The van der Waals surface area contributed by atoms with E-state index in [1.807, 2.05) is 0 Å². The van der Waals surface area contributed by atoms with E-state index >= 15 is 0 Å². The lowest BCUT2D eigenvalue weighted by Gasteiger charge is -2.13. The molecule has 0 unspecified atom stereocenters. The van der Waals surface area contributed by atoms with Gasteiger partial charge in [-0.25, -0.2) is 0 Å². The van der Waals surface area contributed by atoms with Crippen molar-refractivity contribution in [1.29, 1.82) is 0 Å². The number of ether oxygens (including phenoxy) is 1. The monoisotopic (exact) mass is 282 g/mol. The van der Waals surface area contributed by atoms with Gasteiger partial charge in [-0.05, 0) is 23.8 Å². The molecule has 8 nitrogen and oxygen atoms in total. The Kier molecular flexibility index (Phi) is 5.33. The summed E-state index contributed by atoms with van der Waals surface area (Å²) in [6.07, 6.45) is 1.25. The van der Waals surface area contributed by atoms with Crippen LogP contribution < -0.4 is 4.74 Å². The predicted octanol–water partition coefficient (Wildman–Crippen LogP) is 0.206. The number of benzene rings is 1. The van der Waals surface area contributed by atoms with Gasteiger partial charge >= 0.3 is 11.9 Å². The summed E-state index contributed by atoms with van der Waals surface area (Å²) in [4.78, 5) is 21.2. The molecule has 0 aliphatic heterocycles. The molecule has 0 radical (unpaired) electrons. The lowest BCUT2D eigenvalue weighted by Crippen LogP contribution is -2.30. The number of aromatic hydroxyl groups is 1. The third kappa shape index (κ3) is 4.84. The van der Waals surface area contributed by atoms with Crippen LogP contribution in [0.2, 0.25) is 0 Å². The quantitative estimate of drug-likeness (QED) is 0.483. The van der Waals surface area contributed by atoms with Gasteiger partial charge in [0.15, 0.2) is 11.5 Å². The van der Waals surface area contributed by atoms with E-state index in [-0.39, 0.29) is 11.5 Å². The number of aliphatic carboxylic acids is 2. The Morgan fingerprint density at radius 3 is 2.35 bits per heavy atom. The normalized spacial score (nSPS) is 10.4. The zero-order valence-electron chi connectivity index (χ0n) is 10.7. The van der Waals surface area contributed by atoms with E-state index < -0.39 is 25.0 Å². The van der Waals surface area contributed by atoms with Crippen LogP contribution in [-0.4, -0.2) is 58.7 Å². The van der Waals surface area contributed by atoms with Gasteiger partial charge in [0.1, 0.15) is 13.1 Å². The molecular formula is C12H14N2O6. The highest BCUT2D eigenvalue weighted by Crippen LogP contribution is 2.25. The van der Waals surface area contributed by atoms with Gasteiger partial charge in [0, 0.05) is 0 Å². The van der Waals surface area contributed by atoms with Crippen molar-refractivity contribution in [3.8, 4) is 11.5 Å². The lowest BCUT2D eigenvalue weighted by molar-refractivity contribution is -0.141. The average molecular weight is 282 g/mol. The summed E-state index contributed by atoms with van der Waals surface area (Å²) in [6.45, 7) is -1.07. The molecule has 1 aromatic rings. The van der Waals surface area contributed by atoms with Crippen molar-refractivity contribution in [1.82, 2.24) is 5.01 Å². The van der Waals surface area contributed by atoms with Crippen molar-refractivity contribution in [2.45, 2.75) is 0 Å². The fraction of sp³-hybridized carbons (Fsp3) is 0.250. The van der Waals surface area contributed by atoms with Gasteiger partial charge in [0.2, 0.25) is 0 Å². The van der Waals surface area contributed by atoms with E-state index in [2.05, 4.69) is 5.10 Å². The highest BCUT2D eigenvalue weighted by Gasteiger charge is 2.10. The van der Waals surface area contributed by atoms with Crippen LogP contribution in [0.15, 0.2) is 23.3 Å². The third-order valence-electron chi connectivity index (χ3n) is 2.21. The van der Waals surface area contributed by atoms with Gasteiger partial charge in [-0.15, -0.1) is 0 Å². The summed E-state index contributed by atoms with van der Waals surface area (Å²) in [5.74, 6) is -2.20. The van der Waals surface area contributed by atoms with E-state index in [9.17, 15) is 14.7 Å². The van der Waals surface area contributed by atoms with Gasteiger partial charge in [-0.3, -0.25) is 14.6 Å². The van der Waals surface area contributed by atoms with E-state index in [1.165, 1.54) is 25.5 Å². The number of carboxylic acids is 2. The minimum atomic E-state index is -1.19. The summed E-state index contributed by atoms with van der Waals surface area (Å²) in [5.41, 5.74) is 0.476. The first-order chi connectivity index (χ1) is 9.42. The van der Waals surface area contributed by atoms with Gasteiger partial charge in [0.05, 0.1) is 13.3 Å². The first-order valence-corrected chi connectivity index (χ1v) is 5.52. The van der Waals surface area contributed by atoms with Crippen molar-refractivity contribution < 1.29 is 29.6 Å². The Morgan fingerprint density at radius 2 is 1.90 bits per heavy atom. The van der Waals surface area contributed by atoms with Gasteiger partial charge < -0.3 is 20.1 Å². The maximum absolute atomic E-state index is 10.6. The summed E-state index contributed by atoms with van der Waals surface area (Å²) in [6, 6.07) is 4.46. The summed E-state index contributed by atoms with van der Waals surface area (Å²) >= 11 is 0. The number of nitrogens with zero attached hydrogens (tertiary/aromatic N) is 2. The van der Waals surface area contributed by atoms with Crippen LogP contribution in [0.3, 0.4) is 0 Å². The van der Waals surface area contributed by atoms with Crippen molar-refractivity contribution in [3.05, 3.63) is 23.8 Å². The zero-order valence-corrected chi connectivity index (χ0v) is 10.7. The number of hydrogen-bond donors (Lipinski definition) is 3. The Labute approximate surface area is 114 Å². The second-order valence-corrected chi connectivity index (χ2v) is 3.79. The standard InChI is InChI=1S/C12H14N2O6/c1-20-10-3-2-8(4-9(10)15)5-13-14(6-11(16)17)7-12(18)19/h2-5,15H,6-7H2,1H3,(H,16,17)(H,18,19)/b13-5-. The first-order valence-electron chi connectivity index (χ1n) is 5.52. The molecule has 0 aromatic heterocycles. The largest absolute Gasteiger partial charge is 0.504 e. The molecule has 0 bridgehead atoms. The number of hydrazone groups is 1. The molecule has 0 amide bonds. The lowest BCUT2D eigenvalue weighted by atomic mass is 10.2. The second kappa shape index (κ2) is 6.98. The van der Waals surface area contributed by atoms with Crippen LogP contribution in [-0.2, 0) is 9.59 Å². The van der Waals surface area contributed by atoms with Crippen molar-refractivity contribution in [2.75, 3.05) is 20.2 Å². The molecule has 0 saturated heterocycles. The number of carbonyl (C=O) groups is 2. The molecule has 20 heavy (non-hydrogen) atoms. The Balaban J connectivity index is 2.83. The molecule has 0 saturated carbocycles. The average Bonchev–Trinajstić information content (AvgIpc) is 2.34. The van der Waals surface area contributed by atoms with E-state index in [0.29, 0.717) is 5.56 Å².